The number of rotatable bonds is 6. The number of hydrogen-bond donors (Lipinski definition) is 3. The van der Waals surface area contributed by atoms with E-state index in [-0.39, 0.29) is 6.04 Å². The molecule has 3 N–H and O–H groups in total. The quantitative estimate of drug-likeness (QED) is 0.753. The number of nitrogens with one attached hydrogen (secondary N) is 3. The summed E-state index contributed by atoms with van der Waals surface area (Å²) < 4.78 is 5.55. The number of anilines is 1. The van der Waals surface area contributed by atoms with Crippen molar-refractivity contribution in [1.29, 1.82) is 0 Å². The van der Waals surface area contributed by atoms with Crippen LogP contribution >= 0.6 is 0 Å². The molecule has 112 valence electrons. The van der Waals surface area contributed by atoms with E-state index in [4.69, 9.17) is 4.42 Å². The van der Waals surface area contributed by atoms with E-state index in [9.17, 15) is 0 Å². The molecule has 3 rings (SSSR count). The van der Waals surface area contributed by atoms with Crippen molar-refractivity contribution in [2.24, 2.45) is 5.92 Å². The van der Waals surface area contributed by atoms with E-state index in [1.54, 1.807) is 0 Å². The van der Waals surface area contributed by atoms with Crippen LogP contribution < -0.4 is 16.2 Å². The van der Waals surface area contributed by atoms with Crippen LogP contribution in [0.2, 0.25) is 0 Å². The van der Waals surface area contributed by atoms with Gasteiger partial charge in [0.25, 0.3) is 0 Å². The molecule has 0 radical (unpaired) electrons. The molecule has 0 bridgehead atoms. The number of hydrogen-bond acceptors (Lipinski definition) is 6. The maximum Gasteiger partial charge on any atom is 0.315 e. The maximum absolute atomic E-state index is 5.55. The van der Waals surface area contributed by atoms with Crippen molar-refractivity contribution < 1.29 is 4.42 Å². The minimum atomic E-state index is 0.289. The second kappa shape index (κ2) is 6.69. The van der Waals surface area contributed by atoms with E-state index in [2.05, 4.69) is 57.6 Å². The standard InChI is InChI=1S/C15H21N5O/c1-2-6-13-18-20-15(21-13)16-9-12-10-17-19-14(12)11-7-4-3-5-8-11/h3-5,7-8,12,14,17,19H,2,6,9-10H2,1H3,(H,16,20). The van der Waals surface area contributed by atoms with E-state index in [0.717, 1.165) is 25.9 Å². The van der Waals surface area contributed by atoms with Gasteiger partial charge < -0.3 is 9.73 Å². The molecule has 1 aliphatic rings. The first-order chi connectivity index (χ1) is 10.4. The first-order valence-corrected chi connectivity index (χ1v) is 7.46. The predicted octanol–water partition coefficient (Wildman–Crippen LogP) is 1.90. The van der Waals surface area contributed by atoms with Gasteiger partial charge in [-0.15, -0.1) is 5.10 Å². The molecule has 2 aromatic rings. The molecule has 0 saturated carbocycles. The molecule has 0 spiro atoms. The Morgan fingerprint density at radius 3 is 2.95 bits per heavy atom. The molecule has 2 atom stereocenters. The Balaban J connectivity index is 1.58. The molecule has 2 unspecified atom stereocenters. The highest BCUT2D eigenvalue weighted by Gasteiger charge is 2.28. The zero-order chi connectivity index (χ0) is 14.5. The van der Waals surface area contributed by atoms with Crippen LogP contribution in [0.1, 0.15) is 30.8 Å². The summed E-state index contributed by atoms with van der Waals surface area (Å²) in [5.41, 5.74) is 7.84. The second-order valence-corrected chi connectivity index (χ2v) is 5.31. The summed E-state index contributed by atoms with van der Waals surface area (Å²) in [7, 11) is 0. The normalized spacial score (nSPS) is 21.6. The van der Waals surface area contributed by atoms with Crippen molar-refractivity contribution in [3.05, 3.63) is 41.8 Å². The first-order valence-electron chi connectivity index (χ1n) is 7.46. The summed E-state index contributed by atoms with van der Waals surface area (Å²) in [6.07, 6.45) is 1.84. The molecule has 21 heavy (non-hydrogen) atoms. The Morgan fingerprint density at radius 1 is 1.29 bits per heavy atom. The molecule has 6 heteroatoms. The fourth-order valence-corrected chi connectivity index (χ4v) is 2.60. The number of nitrogens with zero attached hydrogens (tertiary/aromatic N) is 2. The molecule has 1 aliphatic heterocycles. The van der Waals surface area contributed by atoms with E-state index in [0.29, 0.717) is 17.8 Å². The summed E-state index contributed by atoms with van der Waals surface area (Å²) in [6, 6.07) is 11.2. The SMILES string of the molecule is CCCc1nnc(NCC2CNNC2c2ccccc2)o1. The van der Waals surface area contributed by atoms with Gasteiger partial charge in [0.05, 0.1) is 6.04 Å². The van der Waals surface area contributed by atoms with Crippen molar-refractivity contribution >= 4 is 6.01 Å². The second-order valence-electron chi connectivity index (χ2n) is 5.31. The van der Waals surface area contributed by atoms with Crippen molar-refractivity contribution in [2.75, 3.05) is 18.4 Å². The topological polar surface area (TPSA) is 75.0 Å². The lowest BCUT2D eigenvalue weighted by atomic mass is 9.95. The zero-order valence-corrected chi connectivity index (χ0v) is 12.2. The highest BCUT2D eigenvalue weighted by molar-refractivity contribution is 5.23. The molecular weight excluding hydrogens is 266 g/mol. The van der Waals surface area contributed by atoms with Crippen LogP contribution in [0.4, 0.5) is 6.01 Å². The van der Waals surface area contributed by atoms with Gasteiger partial charge in [-0.25, -0.2) is 5.43 Å². The molecular formula is C15H21N5O. The number of hydrazine groups is 1. The van der Waals surface area contributed by atoms with Gasteiger partial charge >= 0.3 is 6.01 Å². The van der Waals surface area contributed by atoms with Crippen molar-refractivity contribution in [1.82, 2.24) is 21.0 Å². The van der Waals surface area contributed by atoms with Crippen molar-refractivity contribution in [3.63, 3.8) is 0 Å². The van der Waals surface area contributed by atoms with E-state index in [1.807, 2.05) is 6.07 Å². The molecule has 1 saturated heterocycles. The van der Waals surface area contributed by atoms with Crippen molar-refractivity contribution in [2.45, 2.75) is 25.8 Å². The monoisotopic (exact) mass is 287 g/mol. The highest BCUT2D eigenvalue weighted by Crippen LogP contribution is 2.24. The fraction of sp³-hybridized carbons (Fsp3) is 0.467. The van der Waals surface area contributed by atoms with Crippen LogP contribution in [-0.4, -0.2) is 23.3 Å². The third kappa shape index (κ3) is 3.40. The molecule has 2 heterocycles. The Hall–Kier alpha value is -1.92. The Kier molecular flexibility index (Phi) is 4.47. The lowest BCUT2D eigenvalue weighted by molar-refractivity contribution is 0.472. The lowest BCUT2D eigenvalue weighted by Crippen LogP contribution is -2.26. The summed E-state index contributed by atoms with van der Waals surface area (Å²) in [5.74, 6) is 1.12. The highest BCUT2D eigenvalue weighted by atomic mass is 16.4. The molecule has 0 amide bonds. The van der Waals surface area contributed by atoms with Crippen molar-refractivity contribution in [3.8, 4) is 0 Å². The molecule has 1 fully saturated rings. The summed E-state index contributed by atoms with van der Waals surface area (Å²) in [5, 5.41) is 11.3. The number of benzene rings is 1. The third-order valence-corrected chi connectivity index (χ3v) is 3.70. The van der Waals surface area contributed by atoms with Gasteiger partial charge in [-0.1, -0.05) is 42.4 Å². The van der Waals surface area contributed by atoms with Crippen LogP contribution in [0, 0.1) is 5.92 Å². The van der Waals surface area contributed by atoms with Crippen LogP contribution in [0.25, 0.3) is 0 Å². The summed E-state index contributed by atoms with van der Waals surface area (Å²) in [4.78, 5) is 0. The lowest BCUT2D eigenvalue weighted by Gasteiger charge is -2.18. The van der Waals surface area contributed by atoms with Gasteiger partial charge in [0, 0.05) is 25.4 Å². The number of aromatic nitrogens is 2. The maximum atomic E-state index is 5.55. The Morgan fingerprint density at radius 2 is 2.14 bits per heavy atom. The molecule has 1 aromatic carbocycles. The molecule has 1 aromatic heterocycles. The van der Waals surface area contributed by atoms with Gasteiger partial charge in [-0.3, -0.25) is 5.43 Å². The smallest absolute Gasteiger partial charge is 0.315 e. The van der Waals surface area contributed by atoms with Gasteiger partial charge in [-0.05, 0) is 12.0 Å². The Labute approximate surface area is 124 Å². The first kappa shape index (κ1) is 14.0. The average molecular weight is 287 g/mol. The number of aryl methyl sites for hydroxylation is 1. The van der Waals surface area contributed by atoms with Gasteiger partial charge in [0.15, 0.2) is 0 Å². The van der Waals surface area contributed by atoms with Gasteiger partial charge in [0.1, 0.15) is 0 Å². The van der Waals surface area contributed by atoms with Crippen LogP contribution in [-0.2, 0) is 6.42 Å². The molecule has 6 nitrogen and oxygen atoms in total. The van der Waals surface area contributed by atoms with E-state index >= 15 is 0 Å². The average Bonchev–Trinajstić information content (AvgIpc) is 3.15. The summed E-state index contributed by atoms with van der Waals surface area (Å²) in [6.45, 7) is 3.79. The van der Waals surface area contributed by atoms with Gasteiger partial charge in [0.2, 0.25) is 5.89 Å². The third-order valence-electron chi connectivity index (χ3n) is 3.70. The van der Waals surface area contributed by atoms with E-state index in [1.165, 1.54) is 5.56 Å². The fourth-order valence-electron chi connectivity index (χ4n) is 2.60. The van der Waals surface area contributed by atoms with Crippen LogP contribution in [0.5, 0.6) is 0 Å². The van der Waals surface area contributed by atoms with Gasteiger partial charge in [-0.2, -0.15) is 0 Å². The summed E-state index contributed by atoms with van der Waals surface area (Å²) >= 11 is 0. The minimum absolute atomic E-state index is 0.289. The predicted molar refractivity (Wildman–Crippen MR) is 80.6 cm³/mol. The zero-order valence-electron chi connectivity index (χ0n) is 12.2. The minimum Gasteiger partial charge on any atom is -0.408 e. The van der Waals surface area contributed by atoms with E-state index < -0.39 is 0 Å². The Bertz CT molecular complexity index is 556. The largest absolute Gasteiger partial charge is 0.408 e. The van der Waals surface area contributed by atoms with Crippen LogP contribution in [0.15, 0.2) is 34.7 Å². The van der Waals surface area contributed by atoms with Crippen LogP contribution in [0.3, 0.4) is 0 Å². The molecule has 0 aliphatic carbocycles.